The number of para-hydroxylation sites is 1. The second kappa shape index (κ2) is 8.39. The molecule has 0 aliphatic heterocycles. The van der Waals surface area contributed by atoms with Crippen molar-refractivity contribution in [2.24, 2.45) is 0 Å². The van der Waals surface area contributed by atoms with Crippen LogP contribution in [0.1, 0.15) is 25.7 Å². The van der Waals surface area contributed by atoms with Gasteiger partial charge in [0.1, 0.15) is 0 Å². The molecule has 0 saturated carbocycles. The van der Waals surface area contributed by atoms with E-state index in [9.17, 15) is 4.79 Å². The molecule has 7 nitrogen and oxygen atoms in total. The van der Waals surface area contributed by atoms with Gasteiger partial charge in [0.05, 0.1) is 22.9 Å². The van der Waals surface area contributed by atoms with Gasteiger partial charge < -0.3 is 4.42 Å². The molecule has 0 saturated heterocycles. The van der Waals surface area contributed by atoms with Gasteiger partial charge in [0, 0.05) is 12.1 Å². The first-order chi connectivity index (χ1) is 15.3. The minimum absolute atomic E-state index is 0.0271. The zero-order valence-electron chi connectivity index (χ0n) is 17.1. The van der Waals surface area contributed by atoms with Crippen LogP contribution in [0.4, 0.5) is 0 Å². The summed E-state index contributed by atoms with van der Waals surface area (Å²) in [5, 5.41) is 10.1. The maximum absolute atomic E-state index is 13.0. The fourth-order valence-electron chi connectivity index (χ4n) is 3.58. The first kappa shape index (κ1) is 19.6. The fourth-order valence-corrected chi connectivity index (χ4v) is 4.38. The van der Waals surface area contributed by atoms with Crippen LogP contribution in [0.3, 0.4) is 0 Å². The van der Waals surface area contributed by atoms with E-state index in [1.807, 2.05) is 59.0 Å². The van der Waals surface area contributed by atoms with Gasteiger partial charge in [-0.05, 0) is 18.6 Å². The Hall–Kier alpha value is -3.39. The van der Waals surface area contributed by atoms with Crippen LogP contribution >= 0.6 is 11.8 Å². The molecule has 0 fully saturated rings. The normalized spacial score (nSPS) is 11.5. The van der Waals surface area contributed by atoms with Gasteiger partial charge in [0.25, 0.3) is 5.56 Å². The van der Waals surface area contributed by atoms with Crippen molar-refractivity contribution in [3.05, 3.63) is 77.0 Å². The standard InChI is InChI=1S/C23H21N5O2S/c1-2-3-13-27-21(29)17-11-7-8-12-18(17)28-22(27)25-26-23(28)31-15-20-24-14-19(30-20)16-9-5-4-6-10-16/h4-12,14H,2-3,13,15H2,1H3. The molecule has 3 aromatic heterocycles. The number of unbranched alkanes of at least 4 members (excludes halogenated alkanes) is 1. The SMILES string of the molecule is CCCCn1c(=O)c2ccccc2n2c(SCc3ncc(-c4ccccc4)o3)nnc12. The maximum Gasteiger partial charge on any atom is 0.262 e. The van der Waals surface area contributed by atoms with Crippen molar-refractivity contribution in [3.63, 3.8) is 0 Å². The van der Waals surface area contributed by atoms with Gasteiger partial charge in [-0.1, -0.05) is 67.6 Å². The van der Waals surface area contributed by atoms with E-state index >= 15 is 0 Å². The lowest BCUT2D eigenvalue weighted by Gasteiger charge is -2.10. The van der Waals surface area contributed by atoms with E-state index in [1.165, 1.54) is 11.8 Å². The van der Waals surface area contributed by atoms with Gasteiger partial charge in [-0.3, -0.25) is 13.8 Å². The summed E-state index contributed by atoms with van der Waals surface area (Å²) in [6.45, 7) is 2.72. The number of benzene rings is 2. The third-order valence-electron chi connectivity index (χ3n) is 5.15. The molecule has 0 bridgehead atoms. The molecule has 0 amide bonds. The summed E-state index contributed by atoms with van der Waals surface area (Å²) in [5.74, 6) is 2.43. The number of hydrogen-bond donors (Lipinski definition) is 0. The van der Waals surface area contributed by atoms with E-state index in [1.54, 1.807) is 10.8 Å². The van der Waals surface area contributed by atoms with E-state index in [0.29, 0.717) is 34.5 Å². The molecule has 0 aliphatic rings. The highest BCUT2D eigenvalue weighted by molar-refractivity contribution is 7.98. The number of aryl methyl sites for hydroxylation is 1. The average molecular weight is 432 g/mol. The molecule has 156 valence electrons. The minimum Gasteiger partial charge on any atom is -0.440 e. The third-order valence-corrected chi connectivity index (χ3v) is 6.06. The third kappa shape index (κ3) is 3.63. The molecule has 31 heavy (non-hydrogen) atoms. The maximum atomic E-state index is 13.0. The highest BCUT2D eigenvalue weighted by atomic mass is 32.2. The Kier molecular flexibility index (Phi) is 5.30. The number of thioether (sulfide) groups is 1. The largest absolute Gasteiger partial charge is 0.440 e. The van der Waals surface area contributed by atoms with Gasteiger partial charge in [-0.25, -0.2) is 4.98 Å². The number of hydrogen-bond acceptors (Lipinski definition) is 6. The number of rotatable bonds is 7. The molecule has 5 aromatic rings. The zero-order chi connectivity index (χ0) is 21.2. The average Bonchev–Trinajstić information content (AvgIpc) is 3.46. The van der Waals surface area contributed by atoms with Crippen LogP contribution in [-0.4, -0.2) is 24.1 Å². The Morgan fingerprint density at radius 3 is 2.68 bits per heavy atom. The molecule has 5 rings (SSSR count). The number of nitrogens with zero attached hydrogens (tertiary/aromatic N) is 5. The smallest absolute Gasteiger partial charge is 0.262 e. The van der Waals surface area contributed by atoms with Crippen molar-refractivity contribution < 1.29 is 4.42 Å². The summed E-state index contributed by atoms with van der Waals surface area (Å²) in [6.07, 6.45) is 3.64. The summed E-state index contributed by atoms with van der Waals surface area (Å²) in [7, 11) is 0. The van der Waals surface area contributed by atoms with Gasteiger partial charge >= 0.3 is 0 Å². The molecule has 2 aromatic carbocycles. The van der Waals surface area contributed by atoms with E-state index in [0.717, 1.165) is 29.7 Å². The lowest BCUT2D eigenvalue weighted by molar-refractivity contribution is 0.530. The monoisotopic (exact) mass is 431 g/mol. The van der Waals surface area contributed by atoms with Crippen LogP contribution in [0.25, 0.3) is 28.0 Å². The van der Waals surface area contributed by atoms with Crippen LogP contribution in [-0.2, 0) is 12.3 Å². The lowest BCUT2D eigenvalue weighted by atomic mass is 10.2. The molecule has 0 N–H and O–H groups in total. The minimum atomic E-state index is -0.0271. The summed E-state index contributed by atoms with van der Waals surface area (Å²) in [5.41, 5.74) is 1.77. The number of oxazole rings is 1. The zero-order valence-corrected chi connectivity index (χ0v) is 17.9. The van der Waals surface area contributed by atoms with Gasteiger partial charge in [-0.15, -0.1) is 10.2 Å². The Morgan fingerprint density at radius 2 is 1.84 bits per heavy atom. The van der Waals surface area contributed by atoms with Gasteiger partial charge in [0.15, 0.2) is 10.9 Å². The van der Waals surface area contributed by atoms with E-state index in [4.69, 9.17) is 4.42 Å². The van der Waals surface area contributed by atoms with E-state index < -0.39 is 0 Å². The van der Waals surface area contributed by atoms with Crippen LogP contribution in [0.2, 0.25) is 0 Å². The quantitative estimate of drug-likeness (QED) is 0.345. The molecule has 0 spiro atoms. The van der Waals surface area contributed by atoms with Gasteiger partial charge in [0.2, 0.25) is 11.7 Å². The Labute approximate surface area is 182 Å². The van der Waals surface area contributed by atoms with Crippen molar-refractivity contribution in [3.8, 4) is 11.3 Å². The van der Waals surface area contributed by atoms with E-state index in [2.05, 4.69) is 22.1 Å². The molecular formula is C23H21N5O2S. The van der Waals surface area contributed by atoms with Crippen molar-refractivity contribution in [2.45, 2.75) is 37.2 Å². The summed E-state index contributed by atoms with van der Waals surface area (Å²) < 4.78 is 9.60. The first-order valence-corrected chi connectivity index (χ1v) is 11.2. The van der Waals surface area contributed by atoms with Crippen molar-refractivity contribution >= 4 is 28.4 Å². The molecule has 0 atom stereocenters. The summed E-state index contributed by atoms with van der Waals surface area (Å²) >= 11 is 1.49. The Bertz CT molecular complexity index is 1400. The predicted molar refractivity (Wildman–Crippen MR) is 121 cm³/mol. The molecule has 0 aliphatic carbocycles. The second-order valence-electron chi connectivity index (χ2n) is 7.22. The summed E-state index contributed by atoms with van der Waals surface area (Å²) in [4.78, 5) is 17.4. The topological polar surface area (TPSA) is 78.2 Å². The highest BCUT2D eigenvalue weighted by Gasteiger charge is 2.17. The molecular weight excluding hydrogens is 410 g/mol. The predicted octanol–water partition coefficient (Wildman–Crippen LogP) is 4.79. The van der Waals surface area contributed by atoms with Crippen LogP contribution in [0.15, 0.2) is 75.2 Å². The van der Waals surface area contributed by atoms with E-state index in [-0.39, 0.29) is 5.56 Å². The first-order valence-electron chi connectivity index (χ1n) is 10.3. The molecule has 0 radical (unpaired) electrons. The highest BCUT2D eigenvalue weighted by Crippen LogP contribution is 2.27. The molecule has 0 unspecified atom stereocenters. The van der Waals surface area contributed by atoms with Crippen LogP contribution in [0.5, 0.6) is 0 Å². The number of fused-ring (bicyclic) bond motifs is 3. The number of aromatic nitrogens is 5. The Morgan fingerprint density at radius 1 is 1.03 bits per heavy atom. The van der Waals surface area contributed by atoms with Crippen LogP contribution in [0, 0.1) is 0 Å². The van der Waals surface area contributed by atoms with Gasteiger partial charge in [-0.2, -0.15) is 0 Å². The Balaban J connectivity index is 1.50. The van der Waals surface area contributed by atoms with Crippen LogP contribution < -0.4 is 5.56 Å². The lowest BCUT2D eigenvalue weighted by Crippen LogP contribution is -2.23. The van der Waals surface area contributed by atoms with Crippen molar-refractivity contribution in [1.29, 1.82) is 0 Å². The van der Waals surface area contributed by atoms with Crippen molar-refractivity contribution in [1.82, 2.24) is 24.1 Å². The molecule has 3 heterocycles. The summed E-state index contributed by atoms with van der Waals surface area (Å²) in [6, 6.07) is 17.5. The second-order valence-corrected chi connectivity index (χ2v) is 8.16. The fraction of sp³-hybridized carbons (Fsp3) is 0.217. The van der Waals surface area contributed by atoms with Crippen molar-refractivity contribution in [2.75, 3.05) is 0 Å². The molecule has 8 heteroatoms.